The zero-order valence-corrected chi connectivity index (χ0v) is 19.8. The van der Waals surface area contributed by atoms with E-state index in [0.29, 0.717) is 13.0 Å². The highest BCUT2D eigenvalue weighted by Crippen LogP contribution is 2.30. The number of benzene rings is 2. The predicted molar refractivity (Wildman–Crippen MR) is 133 cm³/mol. The Balaban J connectivity index is 1.15. The summed E-state index contributed by atoms with van der Waals surface area (Å²) in [7, 11) is 0. The summed E-state index contributed by atoms with van der Waals surface area (Å²) < 4.78 is 13.1. The van der Waals surface area contributed by atoms with Crippen LogP contribution in [0.3, 0.4) is 0 Å². The van der Waals surface area contributed by atoms with Gasteiger partial charge in [0.2, 0.25) is 5.91 Å². The number of carbonyl (C=O) groups is 1. The molecule has 2 fully saturated rings. The van der Waals surface area contributed by atoms with Gasteiger partial charge in [0.05, 0.1) is 23.4 Å². The lowest BCUT2D eigenvalue weighted by Crippen LogP contribution is -2.32. The van der Waals surface area contributed by atoms with Gasteiger partial charge in [-0.3, -0.25) is 14.7 Å². The molecule has 2 aromatic carbocycles. The van der Waals surface area contributed by atoms with Crippen molar-refractivity contribution in [2.24, 2.45) is 5.10 Å². The first-order valence-electron chi connectivity index (χ1n) is 12.0. The maximum atomic E-state index is 13.1. The molecule has 174 valence electrons. The van der Waals surface area contributed by atoms with Crippen molar-refractivity contribution in [2.75, 3.05) is 30.4 Å². The van der Waals surface area contributed by atoms with Gasteiger partial charge in [-0.25, -0.2) is 4.39 Å². The fourth-order valence-electron chi connectivity index (χ4n) is 4.85. The topological polar surface area (TPSA) is 39.2 Å². The third-order valence-electron chi connectivity index (χ3n) is 6.77. The van der Waals surface area contributed by atoms with Crippen LogP contribution in [0.1, 0.15) is 43.2 Å². The maximum absolute atomic E-state index is 13.1. The lowest BCUT2D eigenvalue weighted by atomic mass is 10.1. The second-order valence-corrected chi connectivity index (χ2v) is 10.2. The summed E-state index contributed by atoms with van der Waals surface area (Å²) in [4.78, 5) is 17.2. The number of halogens is 1. The number of nitrogens with zero attached hydrogens (tertiary/aromatic N) is 4. The molecule has 1 amide bonds. The lowest BCUT2D eigenvalue weighted by Gasteiger charge is -2.26. The normalized spacial score (nSPS) is 21.7. The predicted octanol–water partition coefficient (Wildman–Crippen LogP) is 4.87. The number of rotatable bonds is 7. The van der Waals surface area contributed by atoms with E-state index in [4.69, 9.17) is 5.10 Å². The summed E-state index contributed by atoms with van der Waals surface area (Å²) in [6.45, 7) is 4.06. The number of carbonyl (C=O) groups excluding carboxylic acids is 1. The van der Waals surface area contributed by atoms with Crippen LogP contribution >= 0.6 is 11.8 Å². The summed E-state index contributed by atoms with van der Waals surface area (Å²) in [5, 5.41) is 7.97. The van der Waals surface area contributed by atoms with E-state index in [1.807, 2.05) is 17.0 Å². The fraction of sp³-hybridized carbons (Fsp3) is 0.462. The van der Waals surface area contributed by atoms with Crippen molar-refractivity contribution in [1.29, 1.82) is 0 Å². The van der Waals surface area contributed by atoms with Crippen molar-refractivity contribution in [3.05, 3.63) is 65.5 Å². The van der Waals surface area contributed by atoms with E-state index in [1.54, 1.807) is 11.8 Å². The molecule has 2 aromatic rings. The molecule has 1 unspecified atom stereocenters. The van der Waals surface area contributed by atoms with Crippen LogP contribution in [0.4, 0.5) is 10.1 Å². The van der Waals surface area contributed by atoms with Crippen molar-refractivity contribution in [2.45, 2.75) is 51.1 Å². The molecule has 7 heteroatoms. The van der Waals surface area contributed by atoms with E-state index in [0.717, 1.165) is 41.6 Å². The van der Waals surface area contributed by atoms with Gasteiger partial charge in [-0.2, -0.15) is 5.10 Å². The van der Waals surface area contributed by atoms with Crippen molar-refractivity contribution < 1.29 is 9.18 Å². The molecule has 0 aromatic heterocycles. The lowest BCUT2D eigenvalue weighted by molar-refractivity contribution is -0.117. The largest absolute Gasteiger partial charge is 0.310 e. The van der Waals surface area contributed by atoms with Crippen molar-refractivity contribution in [3.8, 4) is 0 Å². The Hall–Kier alpha value is -2.38. The first-order valence-corrected chi connectivity index (χ1v) is 13.0. The van der Waals surface area contributed by atoms with Crippen LogP contribution < -0.4 is 4.90 Å². The molecular weight excluding hydrogens is 435 g/mol. The molecule has 0 bridgehead atoms. The molecule has 3 aliphatic rings. The maximum Gasteiger partial charge on any atom is 0.229 e. The third kappa shape index (κ3) is 5.58. The van der Waals surface area contributed by atoms with Gasteiger partial charge in [0.15, 0.2) is 0 Å². The van der Waals surface area contributed by atoms with Gasteiger partial charge in [0.1, 0.15) is 5.82 Å². The van der Waals surface area contributed by atoms with Gasteiger partial charge in [-0.05, 0) is 67.7 Å². The summed E-state index contributed by atoms with van der Waals surface area (Å²) in [6, 6.07) is 15.3. The number of piperidine rings is 1. The van der Waals surface area contributed by atoms with Crippen LogP contribution in [0.2, 0.25) is 0 Å². The minimum absolute atomic E-state index is 0.112. The average molecular weight is 467 g/mol. The van der Waals surface area contributed by atoms with E-state index in [9.17, 15) is 9.18 Å². The highest BCUT2D eigenvalue weighted by atomic mass is 32.2. The zero-order chi connectivity index (χ0) is 22.6. The van der Waals surface area contributed by atoms with E-state index in [-0.39, 0.29) is 17.8 Å². The van der Waals surface area contributed by atoms with Gasteiger partial charge in [-0.15, -0.1) is 0 Å². The van der Waals surface area contributed by atoms with Crippen LogP contribution in [0.25, 0.3) is 0 Å². The number of aryl methyl sites for hydroxylation is 1. The number of likely N-dealkylation sites (tertiary alicyclic amines) is 1. The molecule has 1 atom stereocenters. The summed E-state index contributed by atoms with van der Waals surface area (Å²) >= 11 is 1.74. The second kappa shape index (κ2) is 10.3. The SMILES string of the molecule is O=C1CC(N2CSC(CCc3ccc(F)cc3)=N2)CN1c1ccc(CN2CCCCC2)cc1. The molecule has 2 saturated heterocycles. The molecule has 33 heavy (non-hydrogen) atoms. The number of thioether (sulfide) groups is 1. The highest BCUT2D eigenvalue weighted by molar-refractivity contribution is 8.14. The number of hydrogen-bond acceptors (Lipinski definition) is 5. The Kier molecular flexibility index (Phi) is 6.97. The van der Waals surface area contributed by atoms with Crippen molar-refractivity contribution in [3.63, 3.8) is 0 Å². The van der Waals surface area contributed by atoms with Gasteiger partial charge in [0.25, 0.3) is 0 Å². The van der Waals surface area contributed by atoms with E-state index in [2.05, 4.69) is 34.2 Å². The summed E-state index contributed by atoms with van der Waals surface area (Å²) in [5.41, 5.74) is 3.41. The minimum atomic E-state index is -0.204. The monoisotopic (exact) mass is 466 g/mol. The number of anilines is 1. The van der Waals surface area contributed by atoms with E-state index in [1.165, 1.54) is 50.0 Å². The first-order chi connectivity index (χ1) is 16.1. The van der Waals surface area contributed by atoms with Crippen molar-refractivity contribution in [1.82, 2.24) is 9.91 Å². The number of hydrogen-bond donors (Lipinski definition) is 0. The van der Waals surface area contributed by atoms with Crippen LogP contribution in [-0.2, 0) is 17.8 Å². The van der Waals surface area contributed by atoms with E-state index >= 15 is 0 Å². The molecule has 0 aliphatic carbocycles. The molecule has 0 spiro atoms. The van der Waals surface area contributed by atoms with Gasteiger partial charge < -0.3 is 4.90 Å². The molecule has 3 aliphatic heterocycles. The average Bonchev–Trinajstić information content (AvgIpc) is 3.47. The van der Waals surface area contributed by atoms with Crippen LogP contribution in [-0.4, -0.2) is 52.4 Å². The molecule has 0 saturated carbocycles. The minimum Gasteiger partial charge on any atom is -0.310 e. The molecule has 0 N–H and O–H groups in total. The number of amides is 1. The molecule has 5 rings (SSSR count). The van der Waals surface area contributed by atoms with Gasteiger partial charge in [-0.1, -0.05) is 42.4 Å². The Morgan fingerprint density at radius 1 is 0.939 bits per heavy atom. The molecule has 3 heterocycles. The Morgan fingerprint density at radius 3 is 2.42 bits per heavy atom. The van der Waals surface area contributed by atoms with Crippen molar-refractivity contribution >= 4 is 28.4 Å². The standard InChI is InChI=1S/C26H31FN4OS/c27-22-9-4-20(5-10-22)8-13-25-28-31(19-33-25)24-16-26(32)30(18-24)23-11-6-21(7-12-23)17-29-14-2-1-3-15-29/h4-7,9-12,24H,1-3,8,13-19H2. The Labute approximate surface area is 199 Å². The molecule has 5 nitrogen and oxygen atoms in total. The summed E-state index contributed by atoms with van der Waals surface area (Å²) in [6.07, 6.45) is 6.14. The van der Waals surface area contributed by atoms with Crippen LogP contribution in [0, 0.1) is 5.82 Å². The molecule has 0 radical (unpaired) electrons. The van der Waals surface area contributed by atoms with Crippen LogP contribution in [0.15, 0.2) is 53.6 Å². The highest BCUT2D eigenvalue weighted by Gasteiger charge is 2.36. The van der Waals surface area contributed by atoms with Gasteiger partial charge >= 0.3 is 0 Å². The number of hydrazone groups is 1. The van der Waals surface area contributed by atoms with Gasteiger partial charge in [0, 0.05) is 25.2 Å². The Morgan fingerprint density at radius 2 is 1.67 bits per heavy atom. The summed E-state index contributed by atoms with van der Waals surface area (Å²) in [5.74, 6) is 0.757. The smallest absolute Gasteiger partial charge is 0.229 e. The zero-order valence-electron chi connectivity index (χ0n) is 19.0. The second-order valence-electron chi connectivity index (χ2n) is 9.20. The van der Waals surface area contributed by atoms with Crippen LogP contribution in [0.5, 0.6) is 0 Å². The quantitative estimate of drug-likeness (QED) is 0.584. The fourth-order valence-corrected chi connectivity index (χ4v) is 5.81. The third-order valence-corrected chi connectivity index (χ3v) is 7.79. The Bertz CT molecular complexity index is 988. The first kappa shape index (κ1) is 22.4. The van der Waals surface area contributed by atoms with E-state index < -0.39 is 0 Å². The molecular formula is C26H31FN4OS.